The van der Waals surface area contributed by atoms with Crippen molar-refractivity contribution in [2.45, 2.75) is 6.54 Å². The third-order valence-corrected chi connectivity index (χ3v) is 2.08. The Labute approximate surface area is 92.0 Å². The molecule has 0 saturated heterocycles. The second kappa shape index (κ2) is 5.08. The van der Waals surface area contributed by atoms with Crippen LogP contribution in [0.25, 0.3) is 0 Å². The van der Waals surface area contributed by atoms with E-state index < -0.39 is 5.37 Å². The maximum absolute atomic E-state index is 10.4. The fraction of sp³-hybridized carbons (Fsp3) is 0.222. The highest BCUT2D eigenvalue weighted by atomic mass is 35.5. The zero-order chi connectivity index (χ0) is 10.6. The Kier molecular flexibility index (Phi) is 4.04. The average Bonchev–Trinajstić information content (AvgIpc) is 2.15. The lowest BCUT2D eigenvalue weighted by molar-refractivity contribution is 0.259. The van der Waals surface area contributed by atoms with E-state index >= 15 is 0 Å². The van der Waals surface area contributed by atoms with Crippen molar-refractivity contribution >= 4 is 28.6 Å². The van der Waals surface area contributed by atoms with Crippen LogP contribution in [0.3, 0.4) is 0 Å². The number of methoxy groups -OCH3 is 1. The Morgan fingerprint density at radius 1 is 1.57 bits per heavy atom. The van der Waals surface area contributed by atoms with Crippen LogP contribution in [0.15, 0.2) is 18.2 Å². The molecule has 3 nitrogen and oxygen atoms in total. The molecule has 0 fully saturated rings. The van der Waals surface area contributed by atoms with Gasteiger partial charge in [-0.15, -0.1) is 0 Å². The summed E-state index contributed by atoms with van der Waals surface area (Å²) in [5.74, 6) is 0.604. The number of benzene rings is 1. The van der Waals surface area contributed by atoms with Crippen LogP contribution in [0.5, 0.6) is 5.75 Å². The number of ether oxygens (including phenoxy) is 1. The van der Waals surface area contributed by atoms with Crippen LogP contribution in [0, 0.1) is 0 Å². The molecule has 0 aromatic heterocycles. The molecule has 1 rings (SSSR count). The summed E-state index contributed by atoms with van der Waals surface area (Å²) < 4.78 is 4.98. The summed E-state index contributed by atoms with van der Waals surface area (Å²) >= 11 is 11.0. The molecule has 1 aromatic carbocycles. The predicted molar refractivity (Wildman–Crippen MR) is 56.1 cm³/mol. The van der Waals surface area contributed by atoms with Gasteiger partial charge in [0.1, 0.15) is 5.75 Å². The molecule has 0 saturated carbocycles. The number of amides is 1. The van der Waals surface area contributed by atoms with Gasteiger partial charge in [-0.25, -0.2) is 0 Å². The summed E-state index contributed by atoms with van der Waals surface area (Å²) in [7, 11) is 1.54. The van der Waals surface area contributed by atoms with E-state index in [9.17, 15) is 4.79 Å². The highest BCUT2D eigenvalue weighted by Crippen LogP contribution is 2.24. The van der Waals surface area contributed by atoms with Gasteiger partial charge < -0.3 is 10.1 Å². The summed E-state index contributed by atoms with van der Waals surface area (Å²) in [6, 6.07) is 5.25. The monoisotopic (exact) mass is 233 g/mol. The smallest absolute Gasteiger partial charge is 0.314 e. The Bertz CT molecular complexity index is 342. The van der Waals surface area contributed by atoms with Crippen molar-refractivity contribution in [3.8, 4) is 5.75 Å². The van der Waals surface area contributed by atoms with Crippen molar-refractivity contribution in [1.29, 1.82) is 0 Å². The molecular formula is C9H9Cl2NO2. The first-order valence-corrected chi connectivity index (χ1v) is 4.65. The van der Waals surface area contributed by atoms with Gasteiger partial charge in [0.05, 0.1) is 12.1 Å². The molecule has 1 amide bonds. The minimum absolute atomic E-state index is 0.353. The molecular weight excluding hydrogens is 225 g/mol. The minimum atomic E-state index is -0.586. The highest BCUT2D eigenvalue weighted by Gasteiger charge is 2.02. The van der Waals surface area contributed by atoms with E-state index in [1.54, 1.807) is 25.3 Å². The van der Waals surface area contributed by atoms with Crippen molar-refractivity contribution in [2.24, 2.45) is 0 Å². The molecule has 0 heterocycles. The largest absolute Gasteiger partial charge is 0.495 e. The van der Waals surface area contributed by atoms with Gasteiger partial charge in [0.25, 0.3) is 0 Å². The minimum Gasteiger partial charge on any atom is -0.495 e. The molecule has 0 atom stereocenters. The first-order chi connectivity index (χ1) is 6.63. The molecule has 0 spiro atoms. The topological polar surface area (TPSA) is 38.3 Å². The molecule has 5 heteroatoms. The Hall–Kier alpha value is -0.930. The van der Waals surface area contributed by atoms with Crippen molar-refractivity contribution in [2.75, 3.05) is 7.11 Å². The fourth-order valence-corrected chi connectivity index (χ4v) is 1.34. The van der Waals surface area contributed by atoms with Crippen LogP contribution in [0.1, 0.15) is 5.56 Å². The molecule has 0 aliphatic rings. The third kappa shape index (κ3) is 3.09. The summed E-state index contributed by atoms with van der Waals surface area (Å²) in [4.78, 5) is 10.4. The Morgan fingerprint density at radius 3 is 2.79 bits per heavy atom. The second-order valence-electron chi connectivity index (χ2n) is 2.60. The zero-order valence-electron chi connectivity index (χ0n) is 7.51. The van der Waals surface area contributed by atoms with E-state index in [1.807, 2.05) is 0 Å². The molecule has 1 N–H and O–H groups in total. The number of hydrogen-bond donors (Lipinski definition) is 1. The second-order valence-corrected chi connectivity index (χ2v) is 3.35. The van der Waals surface area contributed by atoms with Gasteiger partial charge in [0.2, 0.25) is 0 Å². The SMILES string of the molecule is COc1ccc(CNC(=O)Cl)cc1Cl. The molecule has 0 unspecified atom stereocenters. The van der Waals surface area contributed by atoms with Gasteiger partial charge in [-0.2, -0.15) is 0 Å². The molecule has 0 aliphatic carbocycles. The van der Waals surface area contributed by atoms with Gasteiger partial charge in [0, 0.05) is 6.54 Å². The summed E-state index contributed by atoms with van der Waals surface area (Å²) in [6.07, 6.45) is 0. The van der Waals surface area contributed by atoms with E-state index in [1.165, 1.54) is 0 Å². The number of rotatable bonds is 3. The normalized spacial score (nSPS) is 9.64. The molecule has 76 valence electrons. The van der Waals surface area contributed by atoms with Gasteiger partial charge in [0.15, 0.2) is 0 Å². The van der Waals surface area contributed by atoms with Crippen LogP contribution in [-0.2, 0) is 6.54 Å². The quantitative estimate of drug-likeness (QED) is 0.645. The molecule has 14 heavy (non-hydrogen) atoms. The zero-order valence-corrected chi connectivity index (χ0v) is 9.02. The first kappa shape index (κ1) is 11.1. The molecule has 0 aliphatic heterocycles. The number of halogens is 2. The Morgan fingerprint density at radius 2 is 2.29 bits per heavy atom. The number of nitrogens with one attached hydrogen (secondary N) is 1. The molecule has 1 aromatic rings. The summed E-state index contributed by atoms with van der Waals surface area (Å²) in [6.45, 7) is 0.353. The number of hydrogen-bond acceptors (Lipinski definition) is 2. The lowest BCUT2D eigenvalue weighted by atomic mass is 10.2. The van der Waals surface area contributed by atoms with Crippen molar-refractivity contribution in [1.82, 2.24) is 5.32 Å². The molecule has 0 radical (unpaired) electrons. The van der Waals surface area contributed by atoms with Crippen molar-refractivity contribution < 1.29 is 9.53 Å². The average molecular weight is 234 g/mol. The van der Waals surface area contributed by atoms with E-state index in [0.717, 1.165) is 5.56 Å². The third-order valence-electron chi connectivity index (χ3n) is 1.65. The van der Waals surface area contributed by atoms with Gasteiger partial charge in [-0.05, 0) is 29.3 Å². The van der Waals surface area contributed by atoms with Crippen LogP contribution in [0.4, 0.5) is 4.79 Å². The van der Waals surface area contributed by atoms with Crippen molar-refractivity contribution in [3.63, 3.8) is 0 Å². The van der Waals surface area contributed by atoms with Crippen LogP contribution in [-0.4, -0.2) is 12.5 Å². The summed E-state index contributed by atoms with van der Waals surface area (Å²) in [5, 5.41) is 2.38. The van der Waals surface area contributed by atoms with Crippen LogP contribution >= 0.6 is 23.2 Å². The van der Waals surface area contributed by atoms with Gasteiger partial charge >= 0.3 is 5.37 Å². The highest BCUT2D eigenvalue weighted by molar-refractivity contribution is 6.62. The maximum atomic E-state index is 10.4. The number of carbonyl (C=O) groups is 1. The lowest BCUT2D eigenvalue weighted by Gasteiger charge is -2.05. The van der Waals surface area contributed by atoms with E-state index in [-0.39, 0.29) is 0 Å². The van der Waals surface area contributed by atoms with E-state index in [0.29, 0.717) is 17.3 Å². The lowest BCUT2D eigenvalue weighted by Crippen LogP contribution is -2.15. The summed E-state index contributed by atoms with van der Waals surface area (Å²) in [5.41, 5.74) is 0.866. The van der Waals surface area contributed by atoms with E-state index in [2.05, 4.69) is 5.32 Å². The Balaban J connectivity index is 2.71. The van der Waals surface area contributed by atoms with Crippen LogP contribution < -0.4 is 10.1 Å². The van der Waals surface area contributed by atoms with Crippen LogP contribution in [0.2, 0.25) is 5.02 Å². The molecule has 0 bridgehead atoms. The first-order valence-electron chi connectivity index (χ1n) is 3.89. The number of carbonyl (C=O) groups excluding carboxylic acids is 1. The standard InChI is InChI=1S/C9H9Cl2NO2/c1-14-8-3-2-6(4-7(8)10)5-12-9(11)13/h2-4H,5H2,1H3,(H,12,13). The van der Waals surface area contributed by atoms with Crippen molar-refractivity contribution in [3.05, 3.63) is 28.8 Å². The predicted octanol–water partition coefficient (Wildman–Crippen LogP) is 2.80. The van der Waals surface area contributed by atoms with Gasteiger partial charge in [-0.3, -0.25) is 4.79 Å². The maximum Gasteiger partial charge on any atom is 0.314 e. The van der Waals surface area contributed by atoms with Gasteiger partial charge in [-0.1, -0.05) is 17.7 Å². The van der Waals surface area contributed by atoms with E-state index in [4.69, 9.17) is 27.9 Å². The fourth-order valence-electron chi connectivity index (χ4n) is 0.991.